The summed E-state index contributed by atoms with van der Waals surface area (Å²) in [6.07, 6.45) is 0.593. The fourth-order valence-electron chi connectivity index (χ4n) is 3.44. The predicted octanol–water partition coefficient (Wildman–Crippen LogP) is 6.38. The second-order valence-electron chi connectivity index (χ2n) is 8.63. The molecular weight excluding hydrogens is 466 g/mol. The first-order chi connectivity index (χ1) is 15.9. The first-order valence-electron chi connectivity index (χ1n) is 10.7. The van der Waals surface area contributed by atoms with E-state index < -0.39 is 40.7 Å². The number of pyridine rings is 1. The molecule has 0 aliphatic rings. The SMILES string of the molecule is CCOc1ncc(Cl)c2c(C(=O)c3c(F)cc([C@H](C)NC(=O)OC(C)(C)C)cc3F)cccc12. The highest BCUT2D eigenvalue weighted by Gasteiger charge is 2.25. The summed E-state index contributed by atoms with van der Waals surface area (Å²) in [5, 5.41) is 3.41. The van der Waals surface area contributed by atoms with Gasteiger partial charge in [-0.2, -0.15) is 0 Å². The average molecular weight is 491 g/mol. The summed E-state index contributed by atoms with van der Waals surface area (Å²) < 4.78 is 40.7. The fourth-order valence-corrected chi connectivity index (χ4v) is 3.69. The normalized spacial score (nSPS) is 12.4. The van der Waals surface area contributed by atoms with Crippen molar-refractivity contribution in [1.29, 1.82) is 0 Å². The lowest BCUT2D eigenvalue weighted by atomic mass is 9.95. The molecule has 6 nitrogen and oxygen atoms in total. The lowest BCUT2D eigenvalue weighted by Gasteiger charge is -2.22. The van der Waals surface area contributed by atoms with Crippen LogP contribution in [0.15, 0.2) is 36.5 Å². The number of ketones is 1. The van der Waals surface area contributed by atoms with Crippen molar-refractivity contribution in [2.45, 2.75) is 46.3 Å². The molecule has 1 heterocycles. The molecule has 0 saturated heterocycles. The zero-order chi connectivity index (χ0) is 25.2. The second-order valence-corrected chi connectivity index (χ2v) is 9.04. The van der Waals surface area contributed by atoms with E-state index in [9.17, 15) is 9.59 Å². The van der Waals surface area contributed by atoms with Crippen molar-refractivity contribution < 1.29 is 27.8 Å². The maximum atomic E-state index is 15.0. The predicted molar refractivity (Wildman–Crippen MR) is 125 cm³/mol. The molecule has 3 aromatic rings. The molecule has 0 saturated carbocycles. The molecule has 0 spiro atoms. The van der Waals surface area contributed by atoms with E-state index in [-0.39, 0.29) is 27.4 Å². The summed E-state index contributed by atoms with van der Waals surface area (Å²) in [7, 11) is 0. The average Bonchev–Trinajstić information content (AvgIpc) is 2.73. The Labute approximate surface area is 201 Å². The molecule has 0 fully saturated rings. The van der Waals surface area contributed by atoms with Gasteiger partial charge in [-0.15, -0.1) is 0 Å². The van der Waals surface area contributed by atoms with E-state index in [0.29, 0.717) is 12.0 Å². The highest BCUT2D eigenvalue weighted by atomic mass is 35.5. The molecule has 1 N–H and O–H groups in total. The van der Waals surface area contributed by atoms with Crippen LogP contribution in [0, 0.1) is 11.6 Å². The lowest BCUT2D eigenvalue weighted by Crippen LogP contribution is -2.34. The molecule has 0 aliphatic carbocycles. The van der Waals surface area contributed by atoms with Gasteiger partial charge < -0.3 is 14.8 Å². The molecule has 0 bridgehead atoms. The van der Waals surface area contributed by atoms with Crippen LogP contribution in [0.1, 0.15) is 62.1 Å². The van der Waals surface area contributed by atoms with Crippen LogP contribution >= 0.6 is 11.6 Å². The Balaban J connectivity index is 1.99. The highest BCUT2D eigenvalue weighted by Crippen LogP contribution is 2.34. The molecule has 0 unspecified atom stereocenters. The second kappa shape index (κ2) is 9.93. The monoisotopic (exact) mass is 490 g/mol. The third kappa shape index (κ3) is 5.44. The Hall–Kier alpha value is -3.26. The van der Waals surface area contributed by atoms with Crippen LogP contribution in [-0.4, -0.2) is 29.1 Å². The van der Waals surface area contributed by atoms with Crippen molar-refractivity contribution in [3.8, 4) is 5.88 Å². The molecule has 2 aromatic carbocycles. The zero-order valence-electron chi connectivity index (χ0n) is 19.5. The Morgan fingerprint density at radius 1 is 1.18 bits per heavy atom. The van der Waals surface area contributed by atoms with Gasteiger partial charge in [0.2, 0.25) is 5.88 Å². The van der Waals surface area contributed by atoms with Gasteiger partial charge in [0.1, 0.15) is 17.2 Å². The fraction of sp³-hybridized carbons (Fsp3) is 0.320. The molecule has 9 heteroatoms. The summed E-state index contributed by atoms with van der Waals surface area (Å²) in [5.74, 6) is -2.75. The van der Waals surface area contributed by atoms with E-state index in [2.05, 4.69) is 10.3 Å². The Morgan fingerprint density at radius 3 is 2.41 bits per heavy atom. The number of carbonyl (C=O) groups is 2. The minimum absolute atomic E-state index is 0.0105. The van der Waals surface area contributed by atoms with Crippen molar-refractivity contribution >= 4 is 34.2 Å². The number of halogens is 3. The van der Waals surface area contributed by atoms with Crippen molar-refractivity contribution in [1.82, 2.24) is 10.3 Å². The van der Waals surface area contributed by atoms with Gasteiger partial charge in [0.25, 0.3) is 0 Å². The minimum atomic E-state index is -1.06. The number of carbonyl (C=O) groups excluding carboxylic acids is 2. The van der Waals surface area contributed by atoms with Gasteiger partial charge in [-0.1, -0.05) is 23.7 Å². The Bertz CT molecular complexity index is 1230. The summed E-state index contributed by atoms with van der Waals surface area (Å²) in [4.78, 5) is 29.4. The van der Waals surface area contributed by atoms with Crippen LogP contribution in [0.5, 0.6) is 5.88 Å². The molecule has 1 aromatic heterocycles. The molecule has 180 valence electrons. The smallest absolute Gasteiger partial charge is 0.408 e. The van der Waals surface area contributed by atoms with Gasteiger partial charge >= 0.3 is 6.09 Å². The van der Waals surface area contributed by atoms with Gasteiger partial charge in [0.05, 0.1) is 29.4 Å². The maximum Gasteiger partial charge on any atom is 0.408 e. The first-order valence-corrected chi connectivity index (χ1v) is 11.0. The zero-order valence-corrected chi connectivity index (χ0v) is 20.2. The number of alkyl carbamates (subject to hydrolysis) is 1. The molecule has 1 amide bonds. The maximum absolute atomic E-state index is 15.0. The van der Waals surface area contributed by atoms with Gasteiger partial charge in [0.15, 0.2) is 5.78 Å². The molecule has 1 atom stereocenters. The van der Waals surface area contributed by atoms with Gasteiger partial charge in [0, 0.05) is 16.3 Å². The van der Waals surface area contributed by atoms with Crippen LogP contribution in [0.4, 0.5) is 13.6 Å². The van der Waals surface area contributed by atoms with Gasteiger partial charge in [-0.3, -0.25) is 4.79 Å². The van der Waals surface area contributed by atoms with E-state index in [0.717, 1.165) is 12.1 Å². The number of nitrogens with zero attached hydrogens (tertiary/aromatic N) is 1. The van der Waals surface area contributed by atoms with E-state index in [1.165, 1.54) is 12.3 Å². The quantitative estimate of drug-likeness (QED) is 0.405. The van der Waals surface area contributed by atoms with Crippen LogP contribution in [-0.2, 0) is 4.74 Å². The Morgan fingerprint density at radius 2 is 1.82 bits per heavy atom. The van der Waals surface area contributed by atoms with E-state index in [1.54, 1.807) is 46.8 Å². The van der Waals surface area contributed by atoms with Gasteiger partial charge in [-0.05, 0) is 58.4 Å². The topological polar surface area (TPSA) is 77.5 Å². The number of nitrogens with one attached hydrogen (secondary N) is 1. The number of benzene rings is 2. The Kier molecular flexibility index (Phi) is 7.41. The van der Waals surface area contributed by atoms with Crippen molar-refractivity contribution in [3.63, 3.8) is 0 Å². The number of fused-ring (bicyclic) bond motifs is 1. The third-order valence-corrected chi connectivity index (χ3v) is 5.17. The molecule has 0 aliphatic heterocycles. The molecule has 34 heavy (non-hydrogen) atoms. The lowest BCUT2D eigenvalue weighted by molar-refractivity contribution is 0.0507. The van der Waals surface area contributed by atoms with Crippen molar-refractivity contribution in [2.24, 2.45) is 0 Å². The van der Waals surface area contributed by atoms with Crippen molar-refractivity contribution in [3.05, 3.63) is 69.9 Å². The number of rotatable bonds is 6. The minimum Gasteiger partial charge on any atom is -0.478 e. The van der Waals surface area contributed by atoms with Crippen LogP contribution in [0.2, 0.25) is 5.02 Å². The van der Waals surface area contributed by atoms with E-state index in [4.69, 9.17) is 21.1 Å². The summed E-state index contributed by atoms with van der Waals surface area (Å²) in [5.41, 5.74) is -1.31. The summed E-state index contributed by atoms with van der Waals surface area (Å²) in [6.45, 7) is 8.76. The number of hydrogen-bond acceptors (Lipinski definition) is 5. The molecule has 3 rings (SSSR count). The van der Waals surface area contributed by atoms with Crippen molar-refractivity contribution in [2.75, 3.05) is 6.61 Å². The largest absolute Gasteiger partial charge is 0.478 e. The van der Waals surface area contributed by atoms with E-state index in [1.807, 2.05) is 0 Å². The first kappa shape index (κ1) is 25.4. The van der Waals surface area contributed by atoms with Crippen LogP contribution in [0.3, 0.4) is 0 Å². The number of aromatic nitrogens is 1. The molecule has 0 radical (unpaired) electrons. The number of amides is 1. The van der Waals surface area contributed by atoms with Crippen LogP contribution in [0.25, 0.3) is 10.8 Å². The van der Waals surface area contributed by atoms with E-state index >= 15 is 8.78 Å². The summed E-state index contributed by atoms with van der Waals surface area (Å²) in [6, 6.07) is 5.92. The third-order valence-electron chi connectivity index (χ3n) is 4.88. The number of hydrogen-bond donors (Lipinski definition) is 1. The standard InChI is InChI=1S/C25H25ClF2N2O4/c1-6-33-23-16-9-7-8-15(20(16)17(26)12-29-23)22(31)21-18(27)10-14(11-19(21)28)13(2)30-24(32)34-25(3,4)5/h7-13H,6H2,1-5H3,(H,30,32)/t13-/m0/s1. The van der Waals surface area contributed by atoms with Crippen LogP contribution < -0.4 is 10.1 Å². The highest BCUT2D eigenvalue weighted by molar-refractivity contribution is 6.37. The number of ether oxygens (including phenoxy) is 2. The summed E-state index contributed by atoms with van der Waals surface area (Å²) >= 11 is 6.30. The van der Waals surface area contributed by atoms with Gasteiger partial charge in [-0.25, -0.2) is 18.6 Å². The molecular formula is C25H25ClF2N2O4.